The molecular weight excluding hydrogens is 203 g/mol. The van der Waals surface area contributed by atoms with Gasteiger partial charge in [0, 0.05) is 19.6 Å². The van der Waals surface area contributed by atoms with Crippen molar-refractivity contribution in [2.45, 2.75) is 6.54 Å². The van der Waals surface area contributed by atoms with Crippen LogP contribution in [0.15, 0.2) is 18.2 Å². The molecule has 2 N–H and O–H groups in total. The van der Waals surface area contributed by atoms with Crippen LogP contribution in [0.1, 0.15) is 5.56 Å². The Kier molecular flexibility index (Phi) is 4.87. The fraction of sp³-hybridized carbons (Fsp3) is 0.400. The van der Waals surface area contributed by atoms with Crippen LogP contribution in [0.5, 0.6) is 0 Å². The average molecular weight is 217 g/mol. The van der Waals surface area contributed by atoms with Crippen LogP contribution >= 0.6 is 11.6 Å². The first kappa shape index (κ1) is 11.4. The second-order valence-electron chi connectivity index (χ2n) is 3.03. The molecular formula is C10H14ClFN2. The summed E-state index contributed by atoms with van der Waals surface area (Å²) in [4.78, 5) is 0. The van der Waals surface area contributed by atoms with Crippen molar-refractivity contribution in [1.82, 2.24) is 10.6 Å². The van der Waals surface area contributed by atoms with Crippen LogP contribution in [0.2, 0.25) is 5.02 Å². The zero-order valence-corrected chi connectivity index (χ0v) is 8.87. The highest BCUT2D eigenvalue weighted by Gasteiger charge is 1.99. The molecule has 0 heterocycles. The van der Waals surface area contributed by atoms with Crippen LogP contribution in [0, 0.1) is 5.82 Å². The van der Waals surface area contributed by atoms with Crippen LogP contribution in [-0.2, 0) is 6.54 Å². The van der Waals surface area contributed by atoms with Gasteiger partial charge in [-0.3, -0.25) is 0 Å². The molecule has 0 aromatic heterocycles. The van der Waals surface area contributed by atoms with Crippen molar-refractivity contribution in [3.8, 4) is 0 Å². The minimum Gasteiger partial charge on any atom is -0.318 e. The third-order valence-corrected chi connectivity index (χ3v) is 2.15. The van der Waals surface area contributed by atoms with E-state index in [1.54, 1.807) is 12.1 Å². The second-order valence-corrected chi connectivity index (χ2v) is 3.44. The molecule has 2 nitrogen and oxygen atoms in total. The topological polar surface area (TPSA) is 24.1 Å². The lowest BCUT2D eigenvalue weighted by molar-refractivity contribution is 0.623. The molecule has 0 unspecified atom stereocenters. The van der Waals surface area contributed by atoms with Gasteiger partial charge < -0.3 is 10.6 Å². The van der Waals surface area contributed by atoms with Crippen molar-refractivity contribution in [2.75, 3.05) is 20.1 Å². The number of hydrogen-bond acceptors (Lipinski definition) is 2. The van der Waals surface area contributed by atoms with E-state index in [0.29, 0.717) is 6.54 Å². The van der Waals surface area contributed by atoms with E-state index in [4.69, 9.17) is 11.6 Å². The third kappa shape index (κ3) is 3.62. The number of likely N-dealkylation sites (N-methyl/N-ethyl adjacent to an activating group) is 1. The lowest BCUT2D eigenvalue weighted by Gasteiger charge is -2.04. The highest BCUT2D eigenvalue weighted by Crippen LogP contribution is 2.15. The molecule has 0 spiro atoms. The Balaban J connectivity index is 2.39. The second kappa shape index (κ2) is 5.96. The Morgan fingerprint density at radius 1 is 1.36 bits per heavy atom. The van der Waals surface area contributed by atoms with Gasteiger partial charge in [-0.2, -0.15) is 0 Å². The van der Waals surface area contributed by atoms with Gasteiger partial charge in [-0.15, -0.1) is 0 Å². The predicted octanol–water partition coefficient (Wildman–Crippen LogP) is 1.79. The maximum atomic E-state index is 12.8. The SMILES string of the molecule is CNCCNCc1ccc(F)c(Cl)c1. The van der Waals surface area contributed by atoms with Gasteiger partial charge in [0.25, 0.3) is 0 Å². The average Bonchev–Trinajstić information content (AvgIpc) is 2.18. The Hall–Kier alpha value is -0.640. The van der Waals surface area contributed by atoms with Gasteiger partial charge in [0.05, 0.1) is 5.02 Å². The molecule has 0 radical (unpaired) electrons. The summed E-state index contributed by atoms with van der Waals surface area (Å²) in [6.07, 6.45) is 0. The van der Waals surface area contributed by atoms with E-state index in [2.05, 4.69) is 10.6 Å². The molecule has 0 atom stereocenters. The molecule has 0 amide bonds. The number of halogens is 2. The molecule has 1 aromatic carbocycles. The highest BCUT2D eigenvalue weighted by atomic mass is 35.5. The third-order valence-electron chi connectivity index (χ3n) is 1.86. The van der Waals surface area contributed by atoms with Crippen molar-refractivity contribution < 1.29 is 4.39 Å². The van der Waals surface area contributed by atoms with E-state index in [0.717, 1.165) is 18.7 Å². The minimum atomic E-state index is -0.370. The molecule has 1 aromatic rings. The smallest absolute Gasteiger partial charge is 0.141 e. The molecule has 0 fully saturated rings. The lowest BCUT2D eigenvalue weighted by atomic mass is 10.2. The monoisotopic (exact) mass is 216 g/mol. The van der Waals surface area contributed by atoms with Crippen LogP contribution in [0.3, 0.4) is 0 Å². The maximum Gasteiger partial charge on any atom is 0.141 e. The summed E-state index contributed by atoms with van der Waals surface area (Å²) in [5.74, 6) is -0.370. The quantitative estimate of drug-likeness (QED) is 0.734. The predicted molar refractivity (Wildman–Crippen MR) is 57.0 cm³/mol. The Morgan fingerprint density at radius 2 is 2.14 bits per heavy atom. The lowest BCUT2D eigenvalue weighted by Crippen LogP contribution is -2.24. The van der Waals surface area contributed by atoms with Gasteiger partial charge in [-0.25, -0.2) is 4.39 Å². The van der Waals surface area contributed by atoms with Crippen LogP contribution in [0.25, 0.3) is 0 Å². The van der Waals surface area contributed by atoms with Crippen molar-refractivity contribution >= 4 is 11.6 Å². The van der Waals surface area contributed by atoms with Gasteiger partial charge in [0.15, 0.2) is 0 Å². The maximum absolute atomic E-state index is 12.8. The van der Waals surface area contributed by atoms with E-state index >= 15 is 0 Å². The standard InChI is InChI=1S/C10H14ClFN2/c1-13-4-5-14-7-8-2-3-10(12)9(11)6-8/h2-3,6,13-14H,4-5,7H2,1H3. The first-order valence-electron chi connectivity index (χ1n) is 4.53. The number of nitrogens with one attached hydrogen (secondary N) is 2. The van der Waals surface area contributed by atoms with Crippen molar-refractivity contribution in [1.29, 1.82) is 0 Å². The molecule has 14 heavy (non-hydrogen) atoms. The summed E-state index contributed by atoms with van der Waals surface area (Å²) in [6.45, 7) is 2.50. The molecule has 0 aliphatic carbocycles. The molecule has 78 valence electrons. The van der Waals surface area contributed by atoms with Gasteiger partial charge in [0.2, 0.25) is 0 Å². The van der Waals surface area contributed by atoms with Crippen LogP contribution in [-0.4, -0.2) is 20.1 Å². The number of hydrogen-bond donors (Lipinski definition) is 2. The van der Waals surface area contributed by atoms with E-state index < -0.39 is 0 Å². The first-order chi connectivity index (χ1) is 6.74. The van der Waals surface area contributed by atoms with Gasteiger partial charge in [-0.1, -0.05) is 17.7 Å². The van der Waals surface area contributed by atoms with E-state index in [1.807, 2.05) is 7.05 Å². The zero-order chi connectivity index (χ0) is 10.4. The largest absolute Gasteiger partial charge is 0.318 e. The Labute approximate surface area is 88.5 Å². The minimum absolute atomic E-state index is 0.179. The molecule has 0 aliphatic heterocycles. The Morgan fingerprint density at radius 3 is 2.79 bits per heavy atom. The highest BCUT2D eigenvalue weighted by molar-refractivity contribution is 6.30. The fourth-order valence-electron chi connectivity index (χ4n) is 1.10. The summed E-state index contributed by atoms with van der Waals surface area (Å²) in [5.41, 5.74) is 0.993. The zero-order valence-electron chi connectivity index (χ0n) is 8.11. The van der Waals surface area contributed by atoms with Crippen LogP contribution < -0.4 is 10.6 Å². The molecule has 1 rings (SSSR count). The van der Waals surface area contributed by atoms with Crippen LogP contribution in [0.4, 0.5) is 4.39 Å². The fourth-order valence-corrected chi connectivity index (χ4v) is 1.30. The Bertz CT molecular complexity index is 291. The van der Waals surface area contributed by atoms with Gasteiger partial charge in [0.1, 0.15) is 5.82 Å². The molecule has 0 bridgehead atoms. The summed E-state index contributed by atoms with van der Waals surface area (Å²) in [5, 5.41) is 6.41. The molecule has 0 aliphatic rings. The summed E-state index contributed by atoms with van der Waals surface area (Å²) in [6, 6.07) is 4.76. The summed E-state index contributed by atoms with van der Waals surface area (Å²) >= 11 is 5.64. The summed E-state index contributed by atoms with van der Waals surface area (Å²) in [7, 11) is 1.90. The molecule has 4 heteroatoms. The van der Waals surface area contributed by atoms with Crippen molar-refractivity contribution in [2.24, 2.45) is 0 Å². The molecule has 0 saturated heterocycles. The van der Waals surface area contributed by atoms with Gasteiger partial charge in [-0.05, 0) is 24.7 Å². The van der Waals surface area contributed by atoms with E-state index in [-0.39, 0.29) is 10.8 Å². The normalized spacial score (nSPS) is 10.5. The van der Waals surface area contributed by atoms with Crippen molar-refractivity contribution in [3.05, 3.63) is 34.6 Å². The van der Waals surface area contributed by atoms with Gasteiger partial charge >= 0.3 is 0 Å². The number of benzene rings is 1. The van der Waals surface area contributed by atoms with Crippen molar-refractivity contribution in [3.63, 3.8) is 0 Å². The first-order valence-corrected chi connectivity index (χ1v) is 4.91. The van der Waals surface area contributed by atoms with E-state index in [9.17, 15) is 4.39 Å². The van der Waals surface area contributed by atoms with E-state index in [1.165, 1.54) is 6.07 Å². The molecule has 0 saturated carbocycles. The number of rotatable bonds is 5. The summed E-state index contributed by atoms with van der Waals surface area (Å²) < 4.78 is 12.8.